The zero-order chi connectivity index (χ0) is 17.2. The lowest BCUT2D eigenvalue weighted by Gasteiger charge is -2.13. The van der Waals surface area contributed by atoms with E-state index in [1.165, 1.54) is 0 Å². The van der Waals surface area contributed by atoms with E-state index < -0.39 is 26.5 Å². The van der Waals surface area contributed by atoms with Gasteiger partial charge in [-0.1, -0.05) is 0 Å². The van der Waals surface area contributed by atoms with Crippen LogP contribution in [0, 0.1) is 11.7 Å². The number of nitrogens with one attached hydrogen (secondary N) is 1. The second-order valence-electron chi connectivity index (χ2n) is 5.64. The van der Waals surface area contributed by atoms with Crippen molar-refractivity contribution < 1.29 is 22.3 Å². The molecule has 24 heavy (non-hydrogen) atoms. The van der Waals surface area contributed by atoms with Gasteiger partial charge < -0.3 is 15.8 Å². The molecule has 1 fully saturated rings. The van der Waals surface area contributed by atoms with Crippen LogP contribution in [0.25, 0.3) is 0 Å². The maximum absolute atomic E-state index is 13.9. The van der Waals surface area contributed by atoms with E-state index in [1.54, 1.807) is 0 Å². The molecule has 1 saturated carbocycles. The van der Waals surface area contributed by atoms with Crippen LogP contribution in [0.2, 0.25) is 0 Å². The first kappa shape index (κ1) is 20.6. The van der Waals surface area contributed by atoms with Gasteiger partial charge in [0.15, 0.2) is 11.6 Å². The van der Waals surface area contributed by atoms with Gasteiger partial charge in [-0.05, 0) is 36.5 Å². The molecule has 0 bridgehead atoms. The molecule has 0 aliphatic heterocycles. The van der Waals surface area contributed by atoms with Crippen molar-refractivity contribution in [2.45, 2.75) is 30.2 Å². The maximum atomic E-state index is 13.9. The number of methoxy groups -OCH3 is 1. The number of ether oxygens (including phenoxy) is 1. The van der Waals surface area contributed by atoms with E-state index in [0.717, 1.165) is 32.1 Å². The maximum Gasteiger partial charge on any atom is 0.241 e. The number of rotatable bonds is 7. The average Bonchev–Trinajstić information content (AvgIpc) is 3.27. The summed E-state index contributed by atoms with van der Waals surface area (Å²) >= 11 is 0. The summed E-state index contributed by atoms with van der Waals surface area (Å²) < 4.78 is 41.7. The first-order valence-corrected chi connectivity index (χ1v) is 8.68. The van der Waals surface area contributed by atoms with Gasteiger partial charge >= 0.3 is 0 Å². The minimum atomic E-state index is -4.17. The van der Waals surface area contributed by atoms with Crippen molar-refractivity contribution >= 4 is 28.3 Å². The molecule has 0 spiro atoms. The Bertz CT molecular complexity index is 710. The summed E-state index contributed by atoms with van der Waals surface area (Å²) in [6.07, 6.45) is 1.96. The number of halogens is 2. The monoisotopic (exact) mass is 381 g/mol. The standard InChI is InChI=1S/C14H20FN3O4S.ClH/c1-22-14-10(15)4-8(5-12(14)23(17,20)21)6-13(19)18-7-11(16)9-2-3-9;/h4-5,9,11H,2-3,6-7,16H2,1H3,(H,18,19)(H2,17,20,21);1H. The molecule has 1 aromatic carbocycles. The summed E-state index contributed by atoms with van der Waals surface area (Å²) in [4.78, 5) is 11.4. The molecule has 1 aliphatic carbocycles. The van der Waals surface area contributed by atoms with Gasteiger partial charge in [-0.2, -0.15) is 0 Å². The topological polar surface area (TPSA) is 125 Å². The molecule has 2 rings (SSSR count). The van der Waals surface area contributed by atoms with Gasteiger partial charge in [-0.3, -0.25) is 4.79 Å². The molecule has 1 amide bonds. The molecule has 5 N–H and O–H groups in total. The van der Waals surface area contributed by atoms with Crippen LogP contribution in [0.4, 0.5) is 4.39 Å². The lowest BCUT2D eigenvalue weighted by Crippen LogP contribution is -2.39. The predicted molar refractivity (Wildman–Crippen MR) is 89.0 cm³/mol. The summed E-state index contributed by atoms with van der Waals surface area (Å²) in [6.45, 7) is 0.337. The molecule has 0 saturated heterocycles. The Balaban J connectivity index is 0.00000288. The van der Waals surface area contributed by atoms with Crippen molar-refractivity contribution in [3.63, 3.8) is 0 Å². The van der Waals surface area contributed by atoms with Gasteiger partial charge in [0.05, 0.1) is 13.5 Å². The summed E-state index contributed by atoms with van der Waals surface area (Å²) in [5.74, 6) is -1.28. The van der Waals surface area contributed by atoms with E-state index in [4.69, 9.17) is 15.6 Å². The Morgan fingerprint density at radius 3 is 2.58 bits per heavy atom. The molecule has 0 radical (unpaired) electrons. The Labute approximate surface area is 146 Å². The summed E-state index contributed by atoms with van der Waals surface area (Å²) in [5, 5.41) is 7.71. The van der Waals surface area contributed by atoms with E-state index in [-0.39, 0.29) is 36.3 Å². The van der Waals surface area contributed by atoms with Crippen molar-refractivity contribution in [1.29, 1.82) is 0 Å². The smallest absolute Gasteiger partial charge is 0.241 e. The summed E-state index contributed by atoms with van der Waals surface area (Å²) in [6, 6.07) is 2.09. The highest BCUT2D eigenvalue weighted by Gasteiger charge is 2.28. The number of primary sulfonamides is 1. The number of sulfonamides is 1. The fourth-order valence-electron chi connectivity index (χ4n) is 2.30. The van der Waals surface area contributed by atoms with Crippen LogP contribution < -0.4 is 20.9 Å². The third-order valence-electron chi connectivity index (χ3n) is 3.71. The van der Waals surface area contributed by atoms with E-state index in [2.05, 4.69) is 5.32 Å². The Hall–Kier alpha value is -1.42. The molecule has 1 aliphatic rings. The highest BCUT2D eigenvalue weighted by molar-refractivity contribution is 7.89. The van der Waals surface area contributed by atoms with Crippen LogP contribution in [0.3, 0.4) is 0 Å². The molecule has 0 heterocycles. The van der Waals surface area contributed by atoms with Gasteiger partial charge in [-0.25, -0.2) is 17.9 Å². The largest absolute Gasteiger partial charge is 0.492 e. The highest BCUT2D eigenvalue weighted by Crippen LogP contribution is 2.31. The van der Waals surface area contributed by atoms with Crippen LogP contribution in [0.15, 0.2) is 17.0 Å². The third-order valence-corrected chi connectivity index (χ3v) is 4.62. The fourth-order valence-corrected chi connectivity index (χ4v) is 3.06. The van der Waals surface area contributed by atoms with E-state index >= 15 is 0 Å². The molecule has 10 heteroatoms. The first-order valence-electron chi connectivity index (χ1n) is 7.14. The Kier molecular flexibility index (Phi) is 6.97. The van der Waals surface area contributed by atoms with Gasteiger partial charge in [0.2, 0.25) is 15.9 Å². The van der Waals surface area contributed by atoms with Crippen molar-refractivity contribution in [3.05, 3.63) is 23.5 Å². The number of carbonyl (C=O) groups is 1. The minimum Gasteiger partial charge on any atom is -0.492 e. The summed E-state index contributed by atoms with van der Waals surface area (Å²) in [5.41, 5.74) is 6.06. The zero-order valence-corrected chi connectivity index (χ0v) is 14.8. The Morgan fingerprint density at radius 2 is 2.08 bits per heavy atom. The number of nitrogens with two attached hydrogens (primary N) is 2. The van der Waals surface area contributed by atoms with Crippen LogP contribution >= 0.6 is 12.4 Å². The quantitative estimate of drug-likeness (QED) is 0.626. The summed E-state index contributed by atoms with van der Waals surface area (Å²) in [7, 11) is -3.03. The number of hydrogen-bond acceptors (Lipinski definition) is 5. The molecular formula is C14H21ClFN3O4S. The van der Waals surface area contributed by atoms with Gasteiger partial charge in [-0.15, -0.1) is 12.4 Å². The fraction of sp³-hybridized carbons (Fsp3) is 0.500. The van der Waals surface area contributed by atoms with Crippen LogP contribution in [0.5, 0.6) is 5.75 Å². The molecular weight excluding hydrogens is 361 g/mol. The normalized spacial score (nSPS) is 15.3. The Morgan fingerprint density at radius 1 is 1.46 bits per heavy atom. The molecule has 1 aromatic rings. The second kappa shape index (κ2) is 8.11. The lowest BCUT2D eigenvalue weighted by atomic mass is 10.1. The third kappa shape index (κ3) is 5.30. The van der Waals surface area contributed by atoms with Gasteiger partial charge in [0.25, 0.3) is 0 Å². The molecule has 1 atom stereocenters. The van der Waals surface area contributed by atoms with Crippen molar-refractivity contribution in [3.8, 4) is 5.75 Å². The predicted octanol–water partition coefficient (Wildman–Crippen LogP) is 0.300. The van der Waals surface area contributed by atoms with E-state index in [9.17, 15) is 17.6 Å². The number of amides is 1. The highest BCUT2D eigenvalue weighted by atomic mass is 35.5. The molecule has 136 valence electrons. The lowest BCUT2D eigenvalue weighted by molar-refractivity contribution is -0.120. The van der Waals surface area contributed by atoms with Gasteiger partial charge in [0, 0.05) is 12.6 Å². The molecule has 0 aromatic heterocycles. The number of hydrogen-bond donors (Lipinski definition) is 3. The number of carbonyl (C=O) groups excluding carboxylic acids is 1. The number of benzene rings is 1. The first-order chi connectivity index (χ1) is 10.7. The van der Waals surface area contributed by atoms with E-state index in [1.807, 2.05) is 0 Å². The van der Waals surface area contributed by atoms with Crippen LogP contribution in [0.1, 0.15) is 18.4 Å². The van der Waals surface area contributed by atoms with Crippen molar-refractivity contribution in [1.82, 2.24) is 5.32 Å². The zero-order valence-electron chi connectivity index (χ0n) is 13.1. The average molecular weight is 382 g/mol. The minimum absolute atomic E-state index is 0. The SMILES string of the molecule is COc1c(F)cc(CC(=O)NCC(N)C2CC2)cc1S(N)(=O)=O.Cl. The van der Waals surface area contributed by atoms with Crippen LogP contribution in [-0.2, 0) is 21.2 Å². The van der Waals surface area contributed by atoms with Gasteiger partial charge in [0.1, 0.15) is 4.90 Å². The molecule has 7 nitrogen and oxygen atoms in total. The molecule has 1 unspecified atom stereocenters. The van der Waals surface area contributed by atoms with E-state index in [0.29, 0.717) is 12.5 Å². The van der Waals surface area contributed by atoms with Crippen molar-refractivity contribution in [2.75, 3.05) is 13.7 Å². The van der Waals surface area contributed by atoms with Crippen LogP contribution in [-0.4, -0.2) is 34.0 Å². The second-order valence-corrected chi connectivity index (χ2v) is 7.17. The van der Waals surface area contributed by atoms with Crippen molar-refractivity contribution in [2.24, 2.45) is 16.8 Å².